The number of hydrogen-bond acceptors (Lipinski definition) is 7. The van der Waals surface area contributed by atoms with Crippen LogP contribution in [0, 0.1) is 3.95 Å². The third-order valence-electron chi connectivity index (χ3n) is 2.37. The van der Waals surface area contributed by atoms with Crippen molar-refractivity contribution in [2.75, 3.05) is 0 Å². The van der Waals surface area contributed by atoms with Crippen LogP contribution in [0.1, 0.15) is 5.69 Å². The molecule has 0 aliphatic carbocycles. The fourth-order valence-electron chi connectivity index (χ4n) is 1.46. The lowest BCUT2D eigenvalue weighted by Gasteiger charge is -1.98. The van der Waals surface area contributed by atoms with Gasteiger partial charge in [0, 0.05) is 17.3 Å². The summed E-state index contributed by atoms with van der Waals surface area (Å²) in [7, 11) is 0. The third-order valence-corrected chi connectivity index (χ3v) is 5.73. The number of halogens is 1. The van der Waals surface area contributed by atoms with Gasteiger partial charge >= 0.3 is 0 Å². The average molecular weight is 359 g/mol. The number of thioether (sulfide) groups is 1. The van der Waals surface area contributed by atoms with E-state index >= 15 is 0 Å². The van der Waals surface area contributed by atoms with Gasteiger partial charge in [-0.25, -0.2) is 4.68 Å². The van der Waals surface area contributed by atoms with Crippen LogP contribution in [0.4, 0.5) is 0 Å². The molecule has 0 fully saturated rings. The zero-order valence-electron chi connectivity index (χ0n) is 9.89. The van der Waals surface area contributed by atoms with Gasteiger partial charge in [0.05, 0.1) is 5.69 Å². The largest absolute Gasteiger partial charge is 0.211 e. The number of aromatic nitrogens is 4. The first-order valence-corrected chi connectivity index (χ1v) is 8.85. The molecule has 0 aliphatic rings. The van der Waals surface area contributed by atoms with Crippen molar-refractivity contribution in [3.05, 3.63) is 44.3 Å². The molecule has 0 amide bonds. The summed E-state index contributed by atoms with van der Waals surface area (Å²) >= 11 is 15.6. The summed E-state index contributed by atoms with van der Waals surface area (Å²) in [6, 6.07) is 9.84. The number of para-hydroxylation sites is 1. The first kappa shape index (κ1) is 14.2. The van der Waals surface area contributed by atoms with E-state index in [2.05, 4.69) is 14.7 Å². The number of hydrogen-bond donors (Lipinski definition) is 0. The average Bonchev–Trinajstić information content (AvgIpc) is 3.03. The third kappa shape index (κ3) is 3.09. The van der Waals surface area contributed by atoms with Crippen LogP contribution >= 0.6 is 58.4 Å². The molecule has 3 aromatic rings. The molecule has 0 unspecified atom stereocenters. The lowest BCUT2D eigenvalue weighted by atomic mass is 10.3. The molecule has 0 aliphatic heterocycles. The van der Waals surface area contributed by atoms with Gasteiger partial charge in [-0.1, -0.05) is 57.4 Å². The van der Waals surface area contributed by atoms with Gasteiger partial charge in [-0.15, -0.1) is 10.2 Å². The second-order valence-electron chi connectivity index (χ2n) is 3.66. The Balaban J connectivity index is 1.80. The molecule has 2 aromatic heterocycles. The van der Waals surface area contributed by atoms with Gasteiger partial charge < -0.3 is 0 Å². The molecule has 3 rings (SSSR count). The maximum Gasteiger partial charge on any atom is 0.184 e. The Morgan fingerprint density at radius 2 is 2.10 bits per heavy atom. The van der Waals surface area contributed by atoms with Gasteiger partial charge in [-0.3, -0.25) is 0 Å². The van der Waals surface area contributed by atoms with Crippen LogP contribution in [-0.2, 0) is 5.75 Å². The van der Waals surface area contributed by atoms with Crippen molar-refractivity contribution in [3.63, 3.8) is 0 Å². The molecule has 0 radical (unpaired) electrons. The summed E-state index contributed by atoms with van der Waals surface area (Å²) in [6.45, 7) is 0. The molecule has 9 heteroatoms. The van der Waals surface area contributed by atoms with Crippen LogP contribution in [-0.4, -0.2) is 19.4 Å². The summed E-state index contributed by atoms with van der Waals surface area (Å²) in [5.41, 5.74) is 1.75. The van der Waals surface area contributed by atoms with Crippen molar-refractivity contribution in [2.45, 2.75) is 10.1 Å². The molecular weight excluding hydrogens is 352 g/mol. The highest BCUT2D eigenvalue weighted by Gasteiger charge is 2.10. The number of benzene rings is 1. The fourth-order valence-corrected chi connectivity index (χ4v) is 4.56. The lowest BCUT2D eigenvalue weighted by molar-refractivity contribution is 0.829. The topological polar surface area (TPSA) is 43.6 Å². The quantitative estimate of drug-likeness (QED) is 0.509. The second kappa shape index (κ2) is 6.31. The van der Waals surface area contributed by atoms with Crippen LogP contribution in [0.2, 0.25) is 4.34 Å². The van der Waals surface area contributed by atoms with Crippen molar-refractivity contribution in [1.29, 1.82) is 0 Å². The van der Waals surface area contributed by atoms with Crippen LogP contribution in [0.5, 0.6) is 0 Å². The Kier molecular flexibility index (Phi) is 4.47. The zero-order chi connectivity index (χ0) is 13.9. The van der Waals surface area contributed by atoms with Crippen LogP contribution in [0.3, 0.4) is 0 Å². The molecule has 0 spiro atoms. The van der Waals surface area contributed by atoms with E-state index < -0.39 is 0 Å². The highest BCUT2D eigenvalue weighted by atomic mass is 35.5. The predicted octanol–water partition coefficient (Wildman–Crippen LogP) is 4.46. The maximum atomic E-state index is 5.98. The number of nitrogens with zero attached hydrogens (tertiary/aromatic N) is 4. The van der Waals surface area contributed by atoms with E-state index in [4.69, 9.17) is 23.8 Å². The maximum absolute atomic E-state index is 5.98. The van der Waals surface area contributed by atoms with Crippen molar-refractivity contribution in [2.24, 2.45) is 0 Å². The van der Waals surface area contributed by atoms with Crippen molar-refractivity contribution in [1.82, 2.24) is 19.4 Å². The van der Waals surface area contributed by atoms with E-state index in [-0.39, 0.29) is 0 Å². The molecular formula is C11H7ClN4S4. The van der Waals surface area contributed by atoms with Crippen LogP contribution in [0.25, 0.3) is 5.69 Å². The minimum Gasteiger partial charge on any atom is -0.211 e. The molecule has 0 saturated carbocycles. The van der Waals surface area contributed by atoms with Crippen molar-refractivity contribution < 1.29 is 0 Å². The Morgan fingerprint density at radius 1 is 1.30 bits per heavy atom. The highest BCUT2D eigenvalue weighted by Crippen LogP contribution is 2.29. The van der Waals surface area contributed by atoms with Crippen LogP contribution in [0.15, 0.2) is 34.7 Å². The molecule has 20 heavy (non-hydrogen) atoms. The van der Waals surface area contributed by atoms with E-state index in [0.717, 1.165) is 19.7 Å². The smallest absolute Gasteiger partial charge is 0.184 e. The molecule has 2 heterocycles. The summed E-state index contributed by atoms with van der Waals surface area (Å²) in [6.07, 6.45) is 0. The van der Waals surface area contributed by atoms with Gasteiger partial charge in [-0.05, 0) is 24.4 Å². The standard InChI is InChI=1S/C11H7ClN4S4/c12-9-8(13-15-20-9)6-18-10-14-16(11(17)19-10)7-4-2-1-3-5-7/h1-5H,6H2. The number of rotatable bonds is 4. The van der Waals surface area contributed by atoms with Gasteiger partial charge in [0.15, 0.2) is 8.29 Å². The van der Waals surface area contributed by atoms with Gasteiger partial charge in [0.2, 0.25) is 0 Å². The normalized spacial score (nSPS) is 10.8. The minimum absolute atomic E-state index is 0.628. The summed E-state index contributed by atoms with van der Waals surface area (Å²) in [5, 5.41) is 8.49. The molecule has 0 atom stereocenters. The fraction of sp³-hybridized carbons (Fsp3) is 0.0909. The zero-order valence-corrected chi connectivity index (χ0v) is 13.9. The van der Waals surface area contributed by atoms with E-state index in [1.54, 1.807) is 16.4 Å². The Morgan fingerprint density at radius 3 is 2.80 bits per heavy atom. The molecule has 102 valence electrons. The van der Waals surface area contributed by atoms with E-state index in [1.807, 2.05) is 30.3 Å². The highest BCUT2D eigenvalue weighted by molar-refractivity contribution is 8.00. The summed E-state index contributed by atoms with van der Waals surface area (Å²) in [4.78, 5) is 0. The van der Waals surface area contributed by atoms with E-state index in [9.17, 15) is 0 Å². The first-order chi connectivity index (χ1) is 9.74. The molecule has 0 N–H and O–H groups in total. The van der Waals surface area contributed by atoms with Gasteiger partial charge in [0.25, 0.3) is 0 Å². The van der Waals surface area contributed by atoms with E-state index in [1.165, 1.54) is 22.9 Å². The molecule has 1 aromatic carbocycles. The first-order valence-electron chi connectivity index (χ1n) is 5.49. The monoisotopic (exact) mass is 358 g/mol. The molecule has 0 bridgehead atoms. The van der Waals surface area contributed by atoms with Gasteiger partial charge in [-0.2, -0.15) is 0 Å². The van der Waals surface area contributed by atoms with Crippen molar-refractivity contribution >= 4 is 58.4 Å². The van der Waals surface area contributed by atoms with Crippen LogP contribution < -0.4 is 0 Å². The Labute approximate surface area is 137 Å². The van der Waals surface area contributed by atoms with Gasteiger partial charge in [0.1, 0.15) is 10.0 Å². The van der Waals surface area contributed by atoms with Crippen molar-refractivity contribution in [3.8, 4) is 5.69 Å². The Bertz CT molecular complexity index is 764. The Hall–Kier alpha value is -0.800. The second-order valence-corrected chi connectivity index (χ2v) is 7.86. The molecule has 4 nitrogen and oxygen atoms in total. The summed E-state index contributed by atoms with van der Waals surface area (Å²) in [5.74, 6) is 0.645. The summed E-state index contributed by atoms with van der Waals surface area (Å²) < 4.78 is 7.82. The minimum atomic E-state index is 0.628. The predicted molar refractivity (Wildman–Crippen MR) is 86.8 cm³/mol. The lowest BCUT2D eigenvalue weighted by Crippen LogP contribution is -1.95. The molecule has 0 saturated heterocycles. The van der Waals surface area contributed by atoms with E-state index in [0.29, 0.717) is 10.1 Å². The SMILES string of the molecule is S=c1sc(SCc2nnsc2Cl)nn1-c1ccccc1.